The first kappa shape index (κ1) is 14.9. The summed E-state index contributed by atoms with van der Waals surface area (Å²) < 4.78 is 4.69. The van der Waals surface area contributed by atoms with Gasteiger partial charge in [0.05, 0.1) is 12.8 Å². The molecule has 1 unspecified atom stereocenters. The van der Waals surface area contributed by atoms with Crippen LogP contribution in [0.25, 0.3) is 0 Å². The van der Waals surface area contributed by atoms with Crippen LogP contribution in [-0.2, 0) is 11.3 Å². The second kappa shape index (κ2) is 7.36. The van der Waals surface area contributed by atoms with Crippen molar-refractivity contribution in [3.63, 3.8) is 0 Å². The Bertz CT molecular complexity index is 448. The molecule has 20 heavy (non-hydrogen) atoms. The lowest BCUT2D eigenvalue weighted by molar-refractivity contribution is 0.0593. The van der Waals surface area contributed by atoms with E-state index in [-0.39, 0.29) is 6.61 Å². The molecule has 0 aromatic carbocycles. The van der Waals surface area contributed by atoms with Gasteiger partial charge in [-0.1, -0.05) is 6.07 Å². The lowest BCUT2D eigenvalue weighted by Gasteiger charge is -2.32. The second-order valence-corrected chi connectivity index (χ2v) is 5.26. The summed E-state index contributed by atoms with van der Waals surface area (Å²) in [6, 6.07) is 5.44. The predicted molar refractivity (Wildman–Crippen MR) is 75.3 cm³/mol. The van der Waals surface area contributed by atoms with Crippen molar-refractivity contribution in [3.8, 4) is 0 Å². The molecule has 1 aliphatic heterocycles. The number of carbonyl (C=O) groups is 1. The fraction of sp³-hybridized carbons (Fsp3) is 0.600. The van der Waals surface area contributed by atoms with Crippen molar-refractivity contribution < 1.29 is 14.6 Å². The van der Waals surface area contributed by atoms with E-state index >= 15 is 0 Å². The predicted octanol–water partition coefficient (Wildman–Crippen LogP) is 1.46. The number of rotatable bonds is 5. The van der Waals surface area contributed by atoms with Crippen molar-refractivity contribution in [2.24, 2.45) is 5.92 Å². The molecule has 1 aromatic heterocycles. The largest absolute Gasteiger partial charge is 0.464 e. The summed E-state index contributed by atoms with van der Waals surface area (Å²) in [5.74, 6) is 0.168. The van der Waals surface area contributed by atoms with Gasteiger partial charge in [0, 0.05) is 19.7 Å². The van der Waals surface area contributed by atoms with Crippen molar-refractivity contribution in [1.82, 2.24) is 9.88 Å². The molecule has 1 fully saturated rings. The number of pyridine rings is 1. The number of ether oxygens (including phenoxy) is 1. The number of esters is 1. The Morgan fingerprint density at radius 1 is 1.55 bits per heavy atom. The van der Waals surface area contributed by atoms with Gasteiger partial charge in [0.15, 0.2) is 0 Å². The average Bonchev–Trinajstić information content (AvgIpc) is 2.47. The zero-order valence-corrected chi connectivity index (χ0v) is 11.9. The molecule has 0 amide bonds. The van der Waals surface area contributed by atoms with Crippen LogP contribution in [0.15, 0.2) is 18.2 Å². The number of aromatic nitrogens is 1. The number of nitrogens with zero attached hydrogens (tertiary/aromatic N) is 2. The number of piperidine rings is 1. The van der Waals surface area contributed by atoms with Crippen LogP contribution < -0.4 is 0 Å². The molecule has 1 aromatic rings. The Morgan fingerprint density at radius 2 is 2.40 bits per heavy atom. The molecule has 1 saturated heterocycles. The van der Waals surface area contributed by atoms with Gasteiger partial charge in [0.25, 0.3) is 0 Å². The van der Waals surface area contributed by atoms with Crippen LogP contribution >= 0.6 is 0 Å². The van der Waals surface area contributed by atoms with E-state index in [1.807, 2.05) is 12.1 Å². The van der Waals surface area contributed by atoms with Crippen LogP contribution in [0.4, 0.5) is 0 Å². The van der Waals surface area contributed by atoms with Gasteiger partial charge in [0.2, 0.25) is 0 Å². The maximum Gasteiger partial charge on any atom is 0.356 e. The lowest BCUT2D eigenvalue weighted by atomic mass is 9.95. The monoisotopic (exact) mass is 278 g/mol. The Kier molecular flexibility index (Phi) is 5.49. The highest BCUT2D eigenvalue weighted by atomic mass is 16.5. The molecule has 1 atom stereocenters. The number of methoxy groups -OCH3 is 1. The maximum atomic E-state index is 11.5. The number of aliphatic hydroxyl groups excluding tert-OH is 1. The fourth-order valence-electron chi connectivity index (χ4n) is 2.73. The molecule has 2 heterocycles. The summed E-state index contributed by atoms with van der Waals surface area (Å²) in [6.07, 6.45) is 3.21. The first-order valence-corrected chi connectivity index (χ1v) is 7.10. The molecule has 1 aliphatic rings. The van der Waals surface area contributed by atoms with E-state index in [4.69, 9.17) is 5.11 Å². The first-order chi connectivity index (χ1) is 9.72. The second-order valence-electron chi connectivity index (χ2n) is 5.26. The minimum Gasteiger partial charge on any atom is -0.464 e. The van der Waals surface area contributed by atoms with Gasteiger partial charge in [-0.25, -0.2) is 9.78 Å². The van der Waals surface area contributed by atoms with Crippen molar-refractivity contribution in [2.45, 2.75) is 25.8 Å². The Morgan fingerprint density at radius 3 is 3.15 bits per heavy atom. The zero-order chi connectivity index (χ0) is 14.4. The van der Waals surface area contributed by atoms with E-state index in [1.165, 1.54) is 13.5 Å². The summed E-state index contributed by atoms with van der Waals surface area (Å²) in [5, 5.41) is 9.04. The Hall–Kier alpha value is -1.46. The molecule has 0 radical (unpaired) electrons. The van der Waals surface area contributed by atoms with Gasteiger partial charge < -0.3 is 9.84 Å². The third kappa shape index (κ3) is 4.02. The molecule has 5 heteroatoms. The summed E-state index contributed by atoms with van der Waals surface area (Å²) in [5.41, 5.74) is 1.24. The van der Waals surface area contributed by atoms with E-state index in [1.54, 1.807) is 6.07 Å². The van der Waals surface area contributed by atoms with Crippen molar-refractivity contribution >= 4 is 5.97 Å². The smallest absolute Gasteiger partial charge is 0.356 e. The van der Waals surface area contributed by atoms with E-state index in [2.05, 4.69) is 14.6 Å². The van der Waals surface area contributed by atoms with Crippen LogP contribution in [0, 0.1) is 5.92 Å². The lowest BCUT2D eigenvalue weighted by Crippen LogP contribution is -2.35. The topological polar surface area (TPSA) is 62.7 Å². The highest BCUT2D eigenvalue weighted by Crippen LogP contribution is 2.20. The summed E-state index contributed by atoms with van der Waals surface area (Å²) >= 11 is 0. The van der Waals surface area contributed by atoms with Crippen LogP contribution in [0.1, 0.15) is 35.4 Å². The zero-order valence-electron chi connectivity index (χ0n) is 11.9. The van der Waals surface area contributed by atoms with E-state index in [0.717, 1.165) is 38.2 Å². The minimum absolute atomic E-state index is 0.259. The molecular weight excluding hydrogens is 256 g/mol. The third-order valence-electron chi connectivity index (χ3n) is 3.73. The Balaban J connectivity index is 1.97. The van der Waals surface area contributed by atoms with Crippen LogP contribution in [-0.4, -0.2) is 47.8 Å². The van der Waals surface area contributed by atoms with Crippen molar-refractivity contribution in [1.29, 1.82) is 0 Å². The van der Waals surface area contributed by atoms with Gasteiger partial charge in [0.1, 0.15) is 5.69 Å². The molecule has 2 rings (SSSR count). The molecule has 0 saturated carbocycles. The SMILES string of the molecule is COC(=O)c1cccc(CN2CCCC(CCO)C2)n1. The number of likely N-dealkylation sites (tertiary alicyclic amines) is 1. The Labute approximate surface area is 119 Å². The van der Waals surface area contributed by atoms with E-state index in [9.17, 15) is 4.79 Å². The number of hydrogen-bond donors (Lipinski definition) is 1. The minimum atomic E-state index is -0.399. The highest BCUT2D eigenvalue weighted by molar-refractivity contribution is 5.87. The first-order valence-electron chi connectivity index (χ1n) is 7.10. The molecular formula is C15H22N2O3. The van der Waals surface area contributed by atoms with Crippen molar-refractivity contribution in [3.05, 3.63) is 29.6 Å². The standard InChI is InChI=1S/C15H22N2O3/c1-20-15(19)14-6-2-5-13(16-14)11-17-8-3-4-12(10-17)7-9-18/h2,5-6,12,18H,3-4,7-11H2,1H3. The highest BCUT2D eigenvalue weighted by Gasteiger charge is 2.20. The van der Waals surface area contributed by atoms with Crippen molar-refractivity contribution in [2.75, 3.05) is 26.8 Å². The van der Waals surface area contributed by atoms with Gasteiger partial charge in [-0.2, -0.15) is 0 Å². The van der Waals surface area contributed by atoms with Gasteiger partial charge in [-0.3, -0.25) is 4.90 Å². The number of hydrogen-bond acceptors (Lipinski definition) is 5. The van der Waals surface area contributed by atoms with Crippen LogP contribution in [0.5, 0.6) is 0 Å². The summed E-state index contributed by atoms with van der Waals surface area (Å²) in [6.45, 7) is 3.04. The fourth-order valence-corrected chi connectivity index (χ4v) is 2.73. The van der Waals surface area contributed by atoms with E-state index < -0.39 is 5.97 Å². The quantitative estimate of drug-likeness (QED) is 0.826. The van der Waals surface area contributed by atoms with Crippen LogP contribution in [0.2, 0.25) is 0 Å². The van der Waals surface area contributed by atoms with Gasteiger partial charge >= 0.3 is 5.97 Å². The molecule has 1 N–H and O–H groups in total. The van der Waals surface area contributed by atoms with Gasteiger partial charge in [-0.15, -0.1) is 0 Å². The summed E-state index contributed by atoms with van der Waals surface area (Å²) in [7, 11) is 1.36. The average molecular weight is 278 g/mol. The molecule has 5 nitrogen and oxygen atoms in total. The molecule has 0 bridgehead atoms. The number of carbonyl (C=O) groups excluding carboxylic acids is 1. The molecule has 110 valence electrons. The number of aliphatic hydroxyl groups is 1. The van der Waals surface area contributed by atoms with Crippen LogP contribution in [0.3, 0.4) is 0 Å². The van der Waals surface area contributed by atoms with Gasteiger partial charge in [-0.05, 0) is 43.9 Å². The maximum absolute atomic E-state index is 11.5. The summed E-state index contributed by atoms with van der Waals surface area (Å²) in [4.78, 5) is 18.2. The third-order valence-corrected chi connectivity index (χ3v) is 3.73. The normalized spacial score (nSPS) is 19.8. The van der Waals surface area contributed by atoms with E-state index in [0.29, 0.717) is 11.6 Å². The molecule has 0 aliphatic carbocycles. The molecule has 0 spiro atoms.